The normalized spacial score (nSPS) is 15.3. The first-order valence-corrected chi connectivity index (χ1v) is 12.6. The van der Waals surface area contributed by atoms with Crippen LogP contribution in [-0.2, 0) is 11.3 Å². The molecule has 0 bridgehead atoms. The first kappa shape index (κ1) is 23.0. The van der Waals surface area contributed by atoms with E-state index in [1.807, 2.05) is 12.1 Å². The summed E-state index contributed by atoms with van der Waals surface area (Å²) in [6, 6.07) is 16.7. The number of fused-ring (bicyclic) bond motifs is 1. The van der Waals surface area contributed by atoms with Gasteiger partial charge in [-0.1, -0.05) is 47.5 Å². The second-order valence-corrected chi connectivity index (χ2v) is 9.57. The molecular weight excluding hydrogens is 464 g/mol. The number of nitrogens with zero attached hydrogens (tertiary/aromatic N) is 4. The highest BCUT2D eigenvalue weighted by atomic mass is 79.9. The maximum atomic E-state index is 13.0. The van der Waals surface area contributed by atoms with Crippen LogP contribution in [0.15, 0.2) is 53.0 Å². The van der Waals surface area contributed by atoms with Crippen LogP contribution >= 0.6 is 15.9 Å². The van der Waals surface area contributed by atoms with Gasteiger partial charge in [0.05, 0.1) is 17.6 Å². The monoisotopic (exact) mass is 496 g/mol. The Balaban J connectivity index is 1.48. The predicted molar refractivity (Wildman–Crippen MR) is 134 cm³/mol. The second-order valence-electron chi connectivity index (χ2n) is 8.65. The molecule has 6 heteroatoms. The van der Waals surface area contributed by atoms with E-state index in [0.29, 0.717) is 5.91 Å². The molecule has 0 spiro atoms. The van der Waals surface area contributed by atoms with E-state index < -0.39 is 0 Å². The summed E-state index contributed by atoms with van der Waals surface area (Å²) in [5.74, 6) is 1.56. The molecule has 3 aromatic rings. The summed E-state index contributed by atoms with van der Waals surface area (Å²) in [5, 5.41) is 0. The molecule has 1 aromatic heterocycles. The highest BCUT2D eigenvalue weighted by Crippen LogP contribution is 2.26. The summed E-state index contributed by atoms with van der Waals surface area (Å²) < 4.78 is 3.32. The Morgan fingerprint density at radius 3 is 2.62 bits per heavy atom. The van der Waals surface area contributed by atoms with Crippen molar-refractivity contribution in [1.29, 1.82) is 0 Å². The van der Waals surface area contributed by atoms with Crippen molar-refractivity contribution in [2.24, 2.45) is 5.92 Å². The lowest BCUT2D eigenvalue weighted by atomic mass is 9.95. The van der Waals surface area contributed by atoms with E-state index in [0.717, 1.165) is 85.4 Å². The van der Waals surface area contributed by atoms with Gasteiger partial charge in [0, 0.05) is 29.2 Å². The minimum absolute atomic E-state index is 0.159. The Morgan fingerprint density at radius 1 is 1.12 bits per heavy atom. The topological polar surface area (TPSA) is 41.4 Å². The third kappa shape index (κ3) is 5.07. The number of likely N-dealkylation sites (tertiary alicyclic amines) is 1. The van der Waals surface area contributed by atoms with Crippen LogP contribution in [0.4, 0.5) is 0 Å². The number of carbonyl (C=O) groups excluding carboxylic acids is 1. The number of aromatic nitrogens is 2. The molecule has 5 nitrogen and oxygen atoms in total. The van der Waals surface area contributed by atoms with Gasteiger partial charge in [-0.25, -0.2) is 4.98 Å². The summed E-state index contributed by atoms with van der Waals surface area (Å²) in [5.41, 5.74) is 3.25. The number of para-hydroxylation sites is 2. The maximum Gasteiger partial charge on any atom is 0.225 e. The molecule has 0 unspecified atom stereocenters. The minimum atomic E-state index is 0.159. The van der Waals surface area contributed by atoms with E-state index >= 15 is 0 Å². The molecule has 0 atom stereocenters. The number of piperidine rings is 1. The van der Waals surface area contributed by atoms with Crippen LogP contribution in [0.5, 0.6) is 0 Å². The van der Waals surface area contributed by atoms with Crippen LogP contribution in [0.3, 0.4) is 0 Å². The smallest absolute Gasteiger partial charge is 0.225 e. The minimum Gasteiger partial charge on any atom is -0.343 e. The molecule has 2 aromatic carbocycles. The zero-order chi connectivity index (χ0) is 22.5. The number of benzene rings is 2. The van der Waals surface area contributed by atoms with Crippen molar-refractivity contribution in [3.05, 3.63) is 58.8 Å². The van der Waals surface area contributed by atoms with Crippen LogP contribution < -0.4 is 0 Å². The molecule has 0 saturated carbocycles. The standard InChI is InChI=1S/C26H33BrN4O/c1-3-5-15-30(4-2)26(32)20-13-16-29(17-14-20)19-25-28-23-11-6-7-12-24(23)31(25)22-10-8-9-21(27)18-22/h6-12,18,20H,3-5,13-17,19H2,1-2H3. The number of carbonyl (C=O) groups is 1. The molecule has 4 rings (SSSR count). The zero-order valence-electron chi connectivity index (χ0n) is 19.1. The number of halogens is 1. The molecule has 1 amide bonds. The largest absolute Gasteiger partial charge is 0.343 e. The molecule has 1 aliphatic rings. The van der Waals surface area contributed by atoms with Gasteiger partial charge in [0.2, 0.25) is 5.91 Å². The van der Waals surface area contributed by atoms with Crippen LogP contribution in [0.2, 0.25) is 0 Å². The van der Waals surface area contributed by atoms with E-state index in [1.165, 1.54) is 0 Å². The lowest BCUT2D eigenvalue weighted by Crippen LogP contribution is -2.42. The number of rotatable bonds is 8. The SMILES string of the molecule is CCCCN(CC)C(=O)C1CCN(Cc2nc3ccccc3n2-c2cccc(Br)c2)CC1. The van der Waals surface area contributed by atoms with Crippen molar-refractivity contribution in [1.82, 2.24) is 19.4 Å². The van der Waals surface area contributed by atoms with Gasteiger partial charge in [0.25, 0.3) is 0 Å². The molecule has 0 N–H and O–H groups in total. The number of unbranched alkanes of at least 4 members (excludes halogenated alkanes) is 1. The Kier molecular flexibility index (Phi) is 7.63. The molecule has 170 valence electrons. The Hall–Kier alpha value is -2.18. The van der Waals surface area contributed by atoms with Crippen molar-refractivity contribution in [2.75, 3.05) is 26.2 Å². The summed E-state index contributed by atoms with van der Waals surface area (Å²) in [7, 11) is 0. The molecule has 1 aliphatic heterocycles. The number of imidazole rings is 1. The van der Waals surface area contributed by atoms with Gasteiger partial charge >= 0.3 is 0 Å². The Labute approximate surface area is 199 Å². The van der Waals surface area contributed by atoms with Gasteiger partial charge in [0.15, 0.2) is 0 Å². The van der Waals surface area contributed by atoms with Gasteiger partial charge in [-0.15, -0.1) is 0 Å². The van der Waals surface area contributed by atoms with Crippen molar-refractivity contribution in [3.8, 4) is 5.69 Å². The predicted octanol–water partition coefficient (Wildman–Crippen LogP) is 5.65. The first-order valence-electron chi connectivity index (χ1n) is 11.8. The molecule has 32 heavy (non-hydrogen) atoms. The lowest BCUT2D eigenvalue weighted by molar-refractivity contribution is -0.137. The molecule has 2 heterocycles. The van der Waals surface area contributed by atoms with E-state index in [1.54, 1.807) is 0 Å². The third-order valence-corrected chi connectivity index (χ3v) is 6.97. The fraction of sp³-hybridized carbons (Fsp3) is 0.462. The van der Waals surface area contributed by atoms with Crippen LogP contribution in [0.25, 0.3) is 16.7 Å². The van der Waals surface area contributed by atoms with Gasteiger partial charge in [-0.2, -0.15) is 0 Å². The molecule has 1 saturated heterocycles. The number of hydrogen-bond acceptors (Lipinski definition) is 3. The van der Waals surface area contributed by atoms with Gasteiger partial charge < -0.3 is 4.90 Å². The first-order chi connectivity index (χ1) is 15.6. The highest BCUT2D eigenvalue weighted by molar-refractivity contribution is 9.10. The lowest BCUT2D eigenvalue weighted by Gasteiger charge is -2.34. The summed E-state index contributed by atoms with van der Waals surface area (Å²) in [6.07, 6.45) is 4.07. The van der Waals surface area contributed by atoms with E-state index in [4.69, 9.17) is 4.98 Å². The third-order valence-electron chi connectivity index (χ3n) is 6.47. The van der Waals surface area contributed by atoms with Crippen LogP contribution in [-0.4, -0.2) is 51.4 Å². The summed E-state index contributed by atoms with van der Waals surface area (Å²) in [6.45, 7) is 8.63. The molecule has 1 fully saturated rings. The van der Waals surface area contributed by atoms with E-state index in [9.17, 15) is 4.79 Å². The van der Waals surface area contributed by atoms with Gasteiger partial charge in [-0.3, -0.25) is 14.3 Å². The molecular formula is C26H33BrN4O. The van der Waals surface area contributed by atoms with Gasteiger partial charge in [-0.05, 0) is 69.6 Å². The van der Waals surface area contributed by atoms with Crippen molar-refractivity contribution in [3.63, 3.8) is 0 Å². The van der Waals surface area contributed by atoms with Crippen LogP contribution in [0.1, 0.15) is 45.4 Å². The fourth-order valence-electron chi connectivity index (χ4n) is 4.65. The summed E-state index contributed by atoms with van der Waals surface area (Å²) >= 11 is 3.61. The fourth-order valence-corrected chi connectivity index (χ4v) is 5.04. The van der Waals surface area contributed by atoms with Crippen molar-refractivity contribution >= 4 is 32.9 Å². The quantitative estimate of drug-likeness (QED) is 0.404. The maximum absolute atomic E-state index is 13.0. The summed E-state index contributed by atoms with van der Waals surface area (Å²) in [4.78, 5) is 22.4. The number of amides is 1. The van der Waals surface area contributed by atoms with E-state index in [2.05, 4.69) is 80.5 Å². The molecule has 0 aliphatic carbocycles. The van der Waals surface area contributed by atoms with Crippen molar-refractivity contribution in [2.45, 2.75) is 46.1 Å². The Morgan fingerprint density at radius 2 is 1.91 bits per heavy atom. The van der Waals surface area contributed by atoms with Crippen molar-refractivity contribution < 1.29 is 4.79 Å². The average molecular weight is 497 g/mol. The zero-order valence-corrected chi connectivity index (χ0v) is 20.7. The highest BCUT2D eigenvalue weighted by Gasteiger charge is 2.28. The van der Waals surface area contributed by atoms with Gasteiger partial charge in [0.1, 0.15) is 5.82 Å². The number of hydrogen-bond donors (Lipinski definition) is 0. The van der Waals surface area contributed by atoms with Crippen LogP contribution in [0, 0.1) is 5.92 Å². The molecule has 0 radical (unpaired) electrons. The van der Waals surface area contributed by atoms with E-state index in [-0.39, 0.29) is 5.92 Å². The average Bonchev–Trinajstić information content (AvgIpc) is 3.17. The second kappa shape index (κ2) is 10.6. The Bertz CT molecular complexity index is 1050.